The van der Waals surface area contributed by atoms with Gasteiger partial charge in [-0.15, -0.1) is 0 Å². The number of aliphatic hydroxyl groups is 2. The zero-order chi connectivity index (χ0) is 13.9. The average molecular weight is 264 g/mol. The van der Waals surface area contributed by atoms with E-state index < -0.39 is 5.50 Å². The highest BCUT2D eigenvalue weighted by molar-refractivity contribution is 6.35. The zero-order valence-electron chi connectivity index (χ0n) is 12.8. The Bertz CT molecular complexity index is 283. The summed E-state index contributed by atoms with van der Waals surface area (Å²) in [6, 6.07) is 0. The van der Waals surface area contributed by atoms with Gasteiger partial charge in [-0.3, -0.25) is 0 Å². The summed E-state index contributed by atoms with van der Waals surface area (Å²) in [7, 11) is 3.22. The predicted octanol–water partition coefficient (Wildman–Crippen LogP) is 1.71. The maximum Gasteiger partial charge on any atom is 0.143 e. The smallest absolute Gasteiger partial charge is 0.143 e. The molecule has 2 rings (SSSR count). The summed E-state index contributed by atoms with van der Waals surface area (Å²) in [5.41, 5.74) is -0.485. The van der Waals surface area contributed by atoms with Crippen molar-refractivity contribution >= 4 is 15.1 Å². The van der Waals surface area contributed by atoms with E-state index in [9.17, 15) is 10.2 Å². The third-order valence-electron chi connectivity index (χ3n) is 5.79. The average Bonchev–Trinajstić information content (AvgIpc) is 2.33. The van der Waals surface area contributed by atoms with Crippen LogP contribution >= 0.6 is 0 Å². The van der Waals surface area contributed by atoms with Gasteiger partial charge >= 0.3 is 0 Å². The van der Waals surface area contributed by atoms with Crippen molar-refractivity contribution in [3.63, 3.8) is 0 Å². The second kappa shape index (κ2) is 6.67. The van der Waals surface area contributed by atoms with Crippen LogP contribution in [0.25, 0.3) is 0 Å². The normalized spacial score (nSPS) is 45.2. The van der Waals surface area contributed by atoms with Crippen molar-refractivity contribution in [2.45, 2.75) is 82.0 Å². The first-order chi connectivity index (χ1) is 9.04. The minimum atomic E-state index is -0.485. The van der Waals surface area contributed by atoms with Crippen LogP contribution in [0.4, 0.5) is 0 Å². The lowest BCUT2D eigenvalue weighted by Crippen LogP contribution is -2.46. The van der Waals surface area contributed by atoms with Crippen molar-refractivity contribution in [2.75, 3.05) is 0 Å². The summed E-state index contributed by atoms with van der Waals surface area (Å²) in [6.45, 7) is 2.25. The SMILES string of the molecule is BC1(O)CCCCCC2C(BC)CC(O)CCCC21. The molecule has 0 aromatic carbocycles. The summed E-state index contributed by atoms with van der Waals surface area (Å²) in [6.07, 6.45) is 9.92. The number of hydrogen-bond donors (Lipinski definition) is 2. The van der Waals surface area contributed by atoms with Gasteiger partial charge in [-0.25, -0.2) is 0 Å². The first-order valence-corrected chi connectivity index (χ1v) is 8.45. The van der Waals surface area contributed by atoms with E-state index in [1.54, 1.807) is 0 Å². The standard InChI is InChI=1S/C15H30B2O2/c1-17-14-10-11(18)6-5-8-13-12(14)7-3-2-4-9-15(13,16)19/h11-14,17-19H,2-10,16H2,1H3. The maximum absolute atomic E-state index is 10.9. The Morgan fingerprint density at radius 1 is 1.11 bits per heavy atom. The minimum absolute atomic E-state index is 0.110. The van der Waals surface area contributed by atoms with Crippen LogP contribution in [0.15, 0.2) is 0 Å². The van der Waals surface area contributed by atoms with Crippen LogP contribution in [0.1, 0.15) is 57.8 Å². The van der Waals surface area contributed by atoms with E-state index in [4.69, 9.17) is 0 Å². The Hall–Kier alpha value is 0.0499. The van der Waals surface area contributed by atoms with E-state index in [0.717, 1.165) is 39.4 Å². The minimum Gasteiger partial charge on any atom is -0.399 e. The van der Waals surface area contributed by atoms with Crippen LogP contribution in [-0.4, -0.2) is 36.9 Å². The predicted molar refractivity (Wildman–Crippen MR) is 84.8 cm³/mol. The molecular weight excluding hydrogens is 234 g/mol. The van der Waals surface area contributed by atoms with Gasteiger partial charge in [-0.1, -0.05) is 44.7 Å². The van der Waals surface area contributed by atoms with Gasteiger partial charge in [0.25, 0.3) is 0 Å². The molecule has 19 heavy (non-hydrogen) atoms. The molecule has 2 aliphatic carbocycles. The zero-order valence-corrected chi connectivity index (χ0v) is 12.8. The molecule has 0 radical (unpaired) electrons. The monoisotopic (exact) mass is 264 g/mol. The van der Waals surface area contributed by atoms with Crippen LogP contribution in [0, 0.1) is 11.8 Å². The van der Waals surface area contributed by atoms with Crippen molar-refractivity contribution in [3.05, 3.63) is 0 Å². The molecule has 108 valence electrons. The third kappa shape index (κ3) is 3.78. The van der Waals surface area contributed by atoms with E-state index in [-0.39, 0.29) is 6.10 Å². The second-order valence-corrected chi connectivity index (χ2v) is 7.22. The Morgan fingerprint density at radius 2 is 1.89 bits per heavy atom. The summed E-state index contributed by atoms with van der Waals surface area (Å²) in [4.78, 5) is 0. The first kappa shape index (κ1) is 15.4. The molecule has 0 saturated heterocycles. The fraction of sp³-hybridized carbons (Fsp3) is 1.00. The van der Waals surface area contributed by atoms with Gasteiger partial charge in [0.15, 0.2) is 0 Å². The summed E-state index contributed by atoms with van der Waals surface area (Å²) in [5, 5.41) is 21.0. The van der Waals surface area contributed by atoms with Crippen LogP contribution in [0.5, 0.6) is 0 Å². The van der Waals surface area contributed by atoms with Crippen LogP contribution < -0.4 is 0 Å². The molecule has 0 amide bonds. The highest BCUT2D eigenvalue weighted by Crippen LogP contribution is 2.45. The molecule has 0 aromatic heterocycles. The van der Waals surface area contributed by atoms with Crippen molar-refractivity contribution in [1.82, 2.24) is 0 Å². The highest BCUT2D eigenvalue weighted by atomic mass is 16.3. The molecule has 5 atom stereocenters. The quantitative estimate of drug-likeness (QED) is 0.708. The van der Waals surface area contributed by atoms with E-state index in [0.29, 0.717) is 17.7 Å². The van der Waals surface area contributed by atoms with Crippen LogP contribution in [0.3, 0.4) is 0 Å². The largest absolute Gasteiger partial charge is 0.399 e. The van der Waals surface area contributed by atoms with Crippen LogP contribution in [-0.2, 0) is 0 Å². The van der Waals surface area contributed by atoms with Crippen molar-refractivity contribution < 1.29 is 10.2 Å². The van der Waals surface area contributed by atoms with E-state index in [1.165, 1.54) is 25.7 Å². The summed E-state index contributed by atoms with van der Waals surface area (Å²) in [5.74, 6) is 1.67. The lowest BCUT2D eigenvalue weighted by Gasteiger charge is -2.45. The molecular formula is C15H30B2O2. The van der Waals surface area contributed by atoms with Crippen molar-refractivity contribution in [3.8, 4) is 0 Å². The van der Waals surface area contributed by atoms with Gasteiger partial charge in [0, 0.05) is 5.50 Å². The molecule has 0 heterocycles. The van der Waals surface area contributed by atoms with Gasteiger partial charge in [0.1, 0.15) is 15.1 Å². The molecule has 5 unspecified atom stereocenters. The molecule has 4 heteroatoms. The maximum atomic E-state index is 10.9. The molecule has 2 aliphatic rings. The molecule has 0 aliphatic heterocycles. The molecule has 0 bridgehead atoms. The van der Waals surface area contributed by atoms with Crippen molar-refractivity contribution in [2.24, 2.45) is 11.8 Å². The van der Waals surface area contributed by atoms with Crippen molar-refractivity contribution in [1.29, 1.82) is 0 Å². The fourth-order valence-electron chi connectivity index (χ4n) is 4.66. The number of hydrogen-bond acceptors (Lipinski definition) is 2. The Labute approximate surface area is 120 Å². The first-order valence-electron chi connectivity index (χ1n) is 8.45. The number of aliphatic hydroxyl groups excluding tert-OH is 1. The van der Waals surface area contributed by atoms with Gasteiger partial charge in [-0.2, -0.15) is 0 Å². The Kier molecular flexibility index (Phi) is 5.42. The molecule has 0 aromatic rings. The summed E-state index contributed by atoms with van der Waals surface area (Å²) < 4.78 is 0. The molecule has 2 saturated carbocycles. The fourth-order valence-corrected chi connectivity index (χ4v) is 4.66. The lowest BCUT2D eigenvalue weighted by atomic mass is 9.49. The van der Waals surface area contributed by atoms with Crippen LogP contribution in [0.2, 0.25) is 12.6 Å². The molecule has 0 spiro atoms. The third-order valence-corrected chi connectivity index (χ3v) is 5.79. The van der Waals surface area contributed by atoms with E-state index >= 15 is 0 Å². The molecule has 2 fully saturated rings. The van der Waals surface area contributed by atoms with Gasteiger partial charge in [0.05, 0.1) is 6.10 Å². The Balaban J connectivity index is 2.21. The van der Waals surface area contributed by atoms with Gasteiger partial charge in [-0.05, 0) is 37.5 Å². The van der Waals surface area contributed by atoms with E-state index in [2.05, 4.69) is 14.7 Å². The number of rotatable bonds is 1. The lowest BCUT2D eigenvalue weighted by molar-refractivity contribution is -0.00824. The molecule has 2 N–H and O–H groups in total. The highest BCUT2D eigenvalue weighted by Gasteiger charge is 2.41. The number of fused-ring (bicyclic) bond motifs is 1. The Morgan fingerprint density at radius 3 is 2.63 bits per heavy atom. The van der Waals surface area contributed by atoms with Gasteiger partial charge in [0.2, 0.25) is 0 Å². The van der Waals surface area contributed by atoms with Gasteiger partial charge < -0.3 is 10.2 Å². The molecule has 2 nitrogen and oxygen atoms in total. The second-order valence-electron chi connectivity index (χ2n) is 7.22. The summed E-state index contributed by atoms with van der Waals surface area (Å²) >= 11 is 0. The van der Waals surface area contributed by atoms with E-state index in [1.807, 2.05) is 0 Å². The topological polar surface area (TPSA) is 40.5 Å².